The summed E-state index contributed by atoms with van der Waals surface area (Å²) in [6.45, 7) is 0. The second-order valence-electron chi connectivity index (χ2n) is 3.06. The Balaban J connectivity index is 2.56. The van der Waals surface area contributed by atoms with Crippen LogP contribution in [0.3, 0.4) is 0 Å². The first-order valence-corrected chi connectivity index (χ1v) is 4.18. The van der Waals surface area contributed by atoms with Crippen LogP contribution in [-0.4, -0.2) is 25.3 Å². The molecule has 0 bridgehead atoms. The fourth-order valence-corrected chi connectivity index (χ4v) is 1.36. The Morgan fingerprint density at radius 1 is 1.54 bits per heavy atom. The highest BCUT2D eigenvalue weighted by atomic mass is 19.2. The predicted molar refractivity (Wildman–Crippen MR) is 40.7 cm³/mol. The molecule has 0 saturated heterocycles. The minimum atomic E-state index is -2.48. The van der Waals surface area contributed by atoms with Gasteiger partial charge < -0.3 is 9.47 Å². The van der Waals surface area contributed by atoms with Crippen molar-refractivity contribution in [2.45, 2.75) is 37.7 Å². The summed E-state index contributed by atoms with van der Waals surface area (Å²) in [7, 11) is 1.06. The first-order valence-electron chi connectivity index (χ1n) is 4.18. The quantitative estimate of drug-likeness (QED) is 0.601. The van der Waals surface area contributed by atoms with Crippen LogP contribution in [0, 0.1) is 0 Å². The number of hydrogen-bond acceptors (Lipinski definition) is 3. The molecule has 5 heteroatoms. The topological polar surface area (TPSA) is 35.5 Å². The van der Waals surface area contributed by atoms with E-state index in [1.54, 1.807) is 0 Å². The fraction of sp³-hybridized carbons (Fsp3) is 0.875. The van der Waals surface area contributed by atoms with Crippen molar-refractivity contribution in [1.29, 1.82) is 0 Å². The van der Waals surface area contributed by atoms with Gasteiger partial charge in [-0.1, -0.05) is 6.42 Å². The zero-order chi connectivity index (χ0) is 9.90. The van der Waals surface area contributed by atoms with E-state index >= 15 is 0 Å². The number of ether oxygens (including phenoxy) is 2. The summed E-state index contributed by atoms with van der Waals surface area (Å²) in [5, 5.41) is 0. The molecule has 76 valence electrons. The van der Waals surface area contributed by atoms with E-state index in [0.717, 1.165) is 7.11 Å². The molecule has 0 N–H and O–H groups in total. The van der Waals surface area contributed by atoms with Crippen LogP contribution >= 0.6 is 0 Å². The third-order valence-corrected chi connectivity index (χ3v) is 2.11. The predicted octanol–water partition coefficient (Wildman–Crippen LogP) is 2.35. The summed E-state index contributed by atoms with van der Waals surface area (Å²) < 4.78 is 34.9. The van der Waals surface area contributed by atoms with Crippen LogP contribution in [0.15, 0.2) is 0 Å². The molecule has 0 aromatic rings. The lowest BCUT2D eigenvalue weighted by Gasteiger charge is -2.31. The van der Waals surface area contributed by atoms with E-state index in [1.165, 1.54) is 0 Å². The first kappa shape index (κ1) is 10.2. The van der Waals surface area contributed by atoms with Gasteiger partial charge in [0, 0.05) is 6.42 Å². The molecule has 13 heavy (non-hydrogen) atoms. The fourth-order valence-electron chi connectivity index (χ4n) is 1.36. The van der Waals surface area contributed by atoms with Gasteiger partial charge >= 0.3 is 6.16 Å². The molecule has 0 aromatic heterocycles. The molecule has 2 atom stereocenters. The SMILES string of the molecule is COC(=O)OC1(F)CCCCC1F. The molecule has 0 heterocycles. The van der Waals surface area contributed by atoms with Crippen molar-refractivity contribution in [1.82, 2.24) is 0 Å². The number of alkyl halides is 2. The monoisotopic (exact) mass is 194 g/mol. The van der Waals surface area contributed by atoms with Crippen molar-refractivity contribution in [3.63, 3.8) is 0 Å². The van der Waals surface area contributed by atoms with Gasteiger partial charge in [-0.15, -0.1) is 0 Å². The van der Waals surface area contributed by atoms with Crippen molar-refractivity contribution in [2.24, 2.45) is 0 Å². The van der Waals surface area contributed by atoms with Crippen LogP contribution in [0.1, 0.15) is 25.7 Å². The summed E-state index contributed by atoms with van der Waals surface area (Å²) in [5.41, 5.74) is 0. The molecule has 1 aliphatic carbocycles. The largest absolute Gasteiger partial charge is 0.510 e. The van der Waals surface area contributed by atoms with Gasteiger partial charge in [-0.05, 0) is 12.8 Å². The van der Waals surface area contributed by atoms with E-state index in [0.29, 0.717) is 12.8 Å². The lowest BCUT2D eigenvalue weighted by Crippen LogP contribution is -2.42. The van der Waals surface area contributed by atoms with Crippen molar-refractivity contribution in [3.05, 3.63) is 0 Å². The summed E-state index contributed by atoms with van der Waals surface area (Å²) in [4.78, 5) is 10.6. The Morgan fingerprint density at radius 3 is 2.77 bits per heavy atom. The van der Waals surface area contributed by atoms with Crippen LogP contribution in [0.25, 0.3) is 0 Å². The van der Waals surface area contributed by atoms with Crippen molar-refractivity contribution in [2.75, 3.05) is 7.11 Å². The second kappa shape index (κ2) is 3.89. The molecular formula is C8H12F2O3. The maximum atomic E-state index is 13.5. The Bertz CT molecular complexity index is 198. The maximum Gasteiger partial charge on any atom is 0.510 e. The number of rotatable bonds is 1. The lowest BCUT2D eigenvalue weighted by molar-refractivity contribution is -0.176. The van der Waals surface area contributed by atoms with E-state index in [9.17, 15) is 13.6 Å². The van der Waals surface area contributed by atoms with E-state index in [1.807, 2.05) is 0 Å². The molecule has 0 aliphatic heterocycles. The van der Waals surface area contributed by atoms with Crippen molar-refractivity contribution < 1.29 is 23.0 Å². The van der Waals surface area contributed by atoms with E-state index in [-0.39, 0.29) is 12.8 Å². The van der Waals surface area contributed by atoms with Crippen molar-refractivity contribution in [3.8, 4) is 0 Å². The average molecular weight is 194 g/mol. The summed E-state index contributed by atoms with van der Waals surface area (Å²) in [6.07, 6.45) is -1.77. The summed E-state index contributed by atoms with van der Waals surface area (Å²) in [5.74, 6) is -2.48. The summed E-state index contributed by atoms with van der Waals surface area (Å²) in [6, 6.07) is 0. The number of hydrogen-bond donors (Lipinski definition) is 0. The Labute approximate surface area is 75.0 Å². The van der Waals surface area contributed by atoms with Gasteiger partial charge in [-0.2, -0.15) is 4.39 Å². The van der Waals surface area contributed by atoms with Crippen LogP contribution < -0.4 is 0 Å². The van der Waals surface area contributed by atoms with Gasteiger partial charge in [0.2, 0.25) is 0 Å². The molecule has 3 nitrogen and oxygen atoms in total. The highest BCUT2D eigenvalue weighted by Crippen LogP contribution is 2.35. The van der Waals surface area contributed by atoms with Crippen LogP contribution in [0.4, 0.5) is 13.6 Å². The molecule has 0 radical (unpaired) electrons. The zero-order valence-corrected chi connectivity index (χ0v) is 7.39. The van der Waals surface area contributed by atoms with Crippen LogP contribution in [0.5, 0.6) is 0 Å². The third-order valence-electron chi connectivity index (χ3n) is 2.11. The van der Waals surface area contributed by atoms with E-state index in [2.05, 4.69) is 9.47 Å². The average Bonchev–Trinajstić information content (AvgIpc) is 2.10. The van der Waals surface area contributed by atoms with Gasteiger partial charge in [0.25, 0.3) is 5.85 Å². The van der Waals surface area contributed by atoms with Gasteiger partial charge in [-0.25, -0.2) is 9.18 Å². The van der Waals surface area contributed by atoms with Gasteiger partial charge in [0.15, 0.2) is 6.17 Å². The van der Waals surface area contributed by atoms with Crippen LogP contribution in [0.2, 0.25) is 0 Å². The number of carbonyl (C=O) groups is 1. The molecule has 2 unspecified atom stereocenters. The number of carbonyl (C=O) groups excluding carboxylic acids is 1. The number of methoxy groups -OCH3 is 1. The Hall–Kier alpha value is -0.870. The molecule has 0 aromatic carbocycles. The Kier molecular flexibility index (Phi) is 3.06. The minimum absolute atomic E-state index is 0.0908. The van der Waals surface area contributed by atoms with E-state index in [4.69, 9.17) is 0 Å². The minimum Gasteiger partial charge on any atom is -0.438 e. The van der Waals surface area contributed by atoms with E-state index < -0.39 is 18.2 Å². The molecule has 0 spiro atoms. The molecule has 1 fully saturated rings. The first-order chi connectivity index (χ1) is 6.08. The summed E-state index contributed by atoms with van der Waals surface area (Å²) >= 11 is 0. The normalized spacial score (nSPS) is 33.9. The standard InChI is InChI=1S/C8H12F2O3/c1-12-7(11)13-8(10)5-3-2-4-6(8)9/h6H,2-5H2,1H3. The van der Waals surface area contributed by atoms with Crippen LogP contribution in [-0.2, 0) is 9.47 Å². The van der Waals surface area contributed by atoms with Crippen molar-refractivity contribution >= 4 is 6.16 Å². The smallest absolute Gasteiger partial charge is 0.438 e. The van der Waals surface area contributed by atoms with Gasteiger partial charge in [0.05, 0.1) is 7.11 Å². The zero-order valence-electron chi connectivity index (χ0n) is 7.39. The Morgan fingerprint density at radius 2 is 2.23 bits per heavy atom. The molecule has 1 rings (SSSR count). The highest BCUT2D eigenvalue weighted by molar-refractivity contribution is 5.60. The molecule has 1 saturated carbocycles. The third kappa shape index (κ3) is 2.29. The number of halogens is 2. The molecule has 0 amide bonds. The van der Waals surface area contributed by atoms with Gasteiger partial charge in [-0.3, -0.25) is 0 Å². The lowest BCUT2D eigenvalue weighted by atomic mass is 9.94. The second-order valence-corrected chi connectivity index (χ2v) is 3.06. The molecule has 1 aliphatic rings. The highest BCUT2D eigenvalue weighted by Gasteiger charge is 2.45. The molecular weight excluding hydrogens is 182 g/mol. The maximum absolute atomic E-state index is 13.5. The van der Waals surface area contributed by atoms with Gasteiger partial charge in [0.1, 0.15) is 0 Å².